The molecule has 31 heavy (non-hydrogen) atoms. The summed E-state index contributed by atoms with van der Waals surface area (Å²) < 4.78 is 44.2. The number of aliphatic hydroxyl groups is 1. The average molecular weight is 432 g/mol. The summed E-state index contributed by atoms with van der Waals surface area (Å²) in [5, 5.41) is 20.5. The summed E-state index contributed by atoms with van der Waals surface area (Å²) in [5.74, 6) is 0.0237. The molecule has 1 fully saturated rings. The van der Waals surface area contributed by atoms with Crippen molar-refractivity contribution in [1.82, 2.24) is 15.1 Å². The van der Waals surface area contributed by atoms with E-state index in [9.17, 15) is 23.1 Å². The lowest BCUT2D eigenvalue weighted by molar-refractivity contribution is -0.137. The SMILES string of the molecule is CC1(c2nnc(-c3ccccc3Nc3ccc(C(F)(F)F)cc3)o2)CCN(CO)C1=O. The molecule has 1 saturated heterocycles. The molecule has 162 valence electrons. The van der Waals surface area contributed by atoms with E-state index in [0.29, 0.717) is 29.9 Å². The maximum Gasteiger partial charge on any atom is 0.416 e. The van der Waals surface area contributed by atoms with Crippen molar-refractivity contribution in [2.45, 2.75) is 24.9 Å². The molecule has 2 aromatic carbocycles. The Bertz CT molecular complexity index is 1100. The molecule has 0 aliphatic carbocycles. The second-order valence-corrected chi connectivity index (χ2v) is 7.45. The van der Waals surface area contributed by atoms with Gasteiger partial charge in [0.25, 0.3) is 0 Å². The van der Waals surface area contributed by atoms with E-state index in [1.54, 1.807) is 31.2 Å². The predicted molar refractivity (Wildman–Crippen MR) is 105 cm³/mol. The molecule has 1 aliphatic heterocycles. The van der Waals surface area contributed by atoms with Crippen molar-refractivity contribution in [2.75, 3.05) is 18.6 Å². The smallest absolute Gasteiger partial charge is 0.416 e. The number of rotatable bonds is 5. The molecule has 2 heterocycles. The highest BCUT2D eigenvalue weighted by molar-refractivity contribution is 5.88. The van der Waals surface area contributed by atoms with E-state index < -0.39 is 17.2 Å². The minimum absolute atomic E-state index is 0.146. The van der Waals surface area contributed by atoms with Gasteiger partial charge in [0, 0.05) is 12.2 Å². The molecule has 1 aliphatic rings. The van der Waals surface area contributed by atoms with Crippen LogP contribution >= 0.6 is 0 Å². The van der Waals surface area contributed by atoms with Gasteiger partial charge in [0.2, 0.25) is 17.7 Å². The summed E-state index contributed by atoms with van der Waals surface area (Å²) in [7, 11) is 0. The first-order valence-electron chi connectivity index (χ1n) is 9.50. The first-order valence-corrected chi connectivity index (χ1v) is 9.50. The molecule has 0 spiro atoms. The molecule has 0 radical (unpaired) electrons. The molecule has 3 aromatic rings. The Morgan fingerprint density at radius 2 is 1.87 bits per heavy atom. The molecule has 10 heteroatoms. The third-order valence-corrected chi connectivity index (χ3v) is 5.36. The lowest BCUT2D eigenvalue weighted by Gasteiger charge is -2.18. The molecule has 0 saturated carbocycles. The Morgan fingerprint density at radius 1 is 1.16 bits per heavy atom. The highest BCUT2D eigenvalue weighted by atomic mass is 19.4. The number of para-hydroxylation sites is 1. The van der Waals surface area contributed by atoms with Crippen LogP contribution in [0.25, 0.3) is 11.5 Å². The maximum absolute atomic E-state index is 12.8. The van der Waals surface area contributed by atoms with Crippen molar-refractivity contribution in [2.24, 2.45) is 0 Å². The van der Waals surface area contributed by atoms with Gasteiger partial charge in [0.15, 0.2) is 0 Å². The second kappa shape index (κ2) is 7.69. The number of nitrogens with zero attached hydrogens (tertiary/aromatic N) is 3. The zero-order valence-corrected chi connectivity index (χ0v) is 16.5. The van der Waals surface area contributed by atoms with E-state index in [-0.39, 0.29) is 24.4 Å². The largest absolute Gasteiger partial charge is 0.419 e. The van der Waals surface area contributed by atoms with Crippen LogP contribution < -0.4 is 5.32 Å². The molecule has 7 nitrogen and oxygen atoms in total. The number of aliphatic hydroxyl groups excluding tert-OH is 1. The first-order chi connectivity index (χ1) is 14.7. The van der Waals surface area contributed by atoms with E-state index >= 15 is 0 Å². The predicted octanol–water partition coefficient (Wildman–Crippen LogP) is 3.94. The molecule has 1 aromatic heterocycles. The standard InChI is InChI=1S/C21H19F3N4O3/c1-20(10-11-28(12-29)19(20)30)18-27-26-17(31-18)15-4-2-3-5-16(15)25-14-8-6-13(7-9-14)21(22,23)24/h2-9,25,29H,10-12H2,1H3. The fourth-order valence-electron chi connectivity index (χ4n) is 3.48. The number of hydrogen-bond donors (Lipinski definition) is 2. The minimum atomic E-state index is -4.41. The zero-order chi connectivity index (χ0) is 22.2. The molecule has 1 atom stereocenters. The molecule has 4 rings (SSSR count). The second-order valence-electron chi connectivity index (χ2n) is 7.45. The fraction of sp³-hybridized carbons (Fsp3) is 0.286. The Hall–Kier alpha value is -3.40. The molecule has 1 unspecified atom stereocenters. The number of likely N-dealkylation sites (tertiary alicyclic amines) is 1. The lowest BCUT2D eigenvalue weighted by Crippen LogP contribution is -2.36. The number of halogens is 3. The quantitative estimate of drug-likeness (QED) is 0.635. The van der Waals surface area contributed by atoms with Gasteiger partial charge >= 0.3 is 6.18 Å². The number of alkyl halides is 3. The highest BCUT2D eigenvalue weighted by Gasteiger charge is 2.48. The number of anilines is 2. The number of nitrogens with one attached hydrogen (secondary N) is 1. The van der Waals surface area contributed by atoms with Crippen molar-refractivity contribution >= 4 is 17.3 Å². The number of hydrogen-bond acceptors (Lipinski definition) is 6. The molecule has 1 amide bonds. The van der Waals surface area contributed by atoms with Gasteiger partial charge in [-0.15, -0.1) is 10.2 Å². The van der Waals surface area contributed by atoms with Crippen LogP contribution in [0, 0.1) is 0 Å². The van der Waals surface area contributed by atoms with Crippen LogP contribution in [0.3, 0.4) is 0 Å². The van der Waals surface area contributed by atoms with Gasteiger partial charge in [-0.3, -0.25) is 4.79 Å². The highest BCUT2D eigenvalue weighted by Crippen LogP contribution is 2.37. The summed E-state index contributed by atoms with van der Waals surface area (Å²) in [4.78, 5) is 13.9. The molecule has 0 bridgehead atoms. The van der Waals surface area contributed by atoms with Gasteiger partial charge in [-0.25, -0.2) is 0 Å². The summed E-state index contributed by atoms with van der Waals surface area (Å²) in [6.45, 7) is 1.69. The Morgan fingerprint density at radius 3 is 2.52 bits per heavy atom. The Kier molecular flexibility index (Phi) is 5.18. The molecular formula is C21H19F3N4O3. The van der Waals surface area contributed by atoms with E-state index in [2.05, 4.69) is 15.5 Å². The number of aromatic nitrogens is 2. The summed E-state index contributed by atoms with van der Waals surface area (Å²) in [6.07, 6.45) is -3.98. The molecular weight excluding hydrogens is 413 g/mol. The summed E-state index contributed by atoms with van der Waals surface area (Å²) in [6, 6.07) is 11.6. The van der Waals surface area contributed by atoms with Crippen LogP contribution in [-0.2, 0) is 16.4 Å². The Balaban J connectivity index is 1.61. The van der Waals surface area contributed by atoms with Crippen LogP contribution in [0.1, 0.15) is 24.8 Å². The number of benzene rings is 2. The minimum Gasteiger partial charge on any atom is -0.419 e. The van der Waals surface area contributed by atoms with Crippen LogP contribution in [0.5, 0.6) is 0 Å². The van der Waals surface area contributed by atoms with Gasteiger partial charge in [-0.05, 0) is 49.7 Å². The van der Waals surface area contributed by atoms with Crippen molar-refractivity contribution in [3.63, 3.8) is 0 Å². The molecule has 2 N–H and O–H groups in total. The topological polar surface area (TPSA) is 91.5 Å². The maximum atomic E-state index is 12.8. The Labute approximate surface area is 175 Å². The van der Waals surface area contributed by atoms with Crippen molar-refractivity contribution in [3.05, 3.63) is 60.0 Å². The van der Waals surface area contributed by atoms with Gasteiger partial charge in [-0.1, -0.05) is 12.1 Å². The normalized spacial score (nSPS) is 19.1. The fourth-order valence-corrected chi connectivity index (χ4v) is 3.48. The summed E-state index contributed by atoms with van der Waals surface area (Å²) in [5.41, 5.74) is -0.216. The number of carbonyl (C=O) groups excluding carboxylic acids is 1. The lowest BCUT2D eigenvalue weighted by atomic mass is 9.89. The van der Waals surface area contributed by atoms with Crippen LogP contribution in [-0.4, -0.2) is 39.4 Å². The van der Waals surface area contributed by atoms with Crippen molar-refractivity contribution in [1.29, 1.82) is 0 Å². The third-order valence-electron chi connectivity index (χ3n) is 5.36. The summed E-state index contributed by atoms with van der Waals surface area (Å²) >= 11 is 0. The van der Waals surface area contributed by atoms with Gasteiger partial charge in [0.05, 0.1) is 16.8 Å². The number of carbonyl (C=O) groups is 1. The van der Waals surface area contributed by atoms with Gasteiger partial charge in [0.1, 0.15) is 12.1 Å². The number of amides is 1. The van der Waals surface area contributed by atoms with Crippen LogP contribution in [0.15, 0.2) is 52.9 Å². The van der Waals surface area contributed by atoms with Gasteiger partial charge < -0.3 is 19.7 Å². The van der Waals surface area contributed by atoms with Crippen LogP contribution in [0.4, 0.5) is 24.5 Å². The zero-order valence-electron chi connectivity index (χ0n) is 16.5. The van der Waals surface area contributed by atoms with E-state index in [0.717, 1.165) is 12.1 Å². The first kappa shape index (κ1) is 20.9. The average Bonchev–Trinajstić information content (AvgIpc) is 3.35. The third kappa shape index (κ3) is 3.86. The van der Waals surface area contributed by atoms with Gasteiger partial charge in [-0.2, -0.15) is 13.2 Å². The van der Waals surface area contributed by atoms with Crippen LogP contribution in [0.2, 0.25) is 0 Å². The van der Waals surface area contributed by atoms with Crippen molar-refractivity contribution in [3.8, 4) is 11.5 Å². The van der Waals surface area contributed by atoms with E-state index in [1.165, 1.54) is 17.0 Å². The van der Waals surface area contributed by atoms with E-state index in [4.69, 9.17) is 4.42 Å². The van der Waals surface area contributed by atoms with Crippen molar-refractivity contribution < 1.29 is 27.5 Å². The monoisotopic (exact) mass is 432 g/mol. The van der Waals surface area contributed by atoms with E-state index in [1.807, 2.05) is 0 Å².